The maximum absolute atomic E-state index is 13.3. The Balaban J connectivity index is 0.000000516. The fourth-order valence-electron chi connectivity index (χ4n) is 7.72. The summed E-state index contributed by atoms with van der Waals surface area (Å²) in [5.41, 5.74) is -0.0175. The lowest BCUT2D eigenvalue weighted by Crippen LogP contribution is -2.58. The lowest BCUT2D eigenvalue weighted by Gasteiger charge is -2.59. The van der Waals surface area contributed by atoms with E-state index in [4.69, 9.17) is 9.90 Å². The molecule has 0 aromatic carbocycles. The highest BCUT2D eigenvalue weighted by Crippen LogP contribution is 2.66. The number of carbonyl (C=O) groups is 3. The molecule has 4 saturated carbocycles. The van der Waals surface area contributed by atoms with Gasteiger partial charge in [-0.15, -0.1) is 0 Å². The van der Waals surface area contributed by atoms with Gasteiger partial charge in [-0.2, -0.15) is 0 Å². The Labute approximate surface area is 168 Å². The van der Waals surface area contributed by atoms with Crippen molar-refractivity contribution in [2.75, 3.05) is 0 Å². The molecule has 0 bridgehead atoms. The molecule has 0 unspecified atom stereocenters. The van der Waals surface area contributed by atoms with Crippen molar-refractivity contribution in [2.24, 2.45) is 40.4 Å². The summed E-state index contributed by atoms with van der Waals surface area (Å²) >= 11 is 0. The molecule has 0 aromatic heterocycles. The van der Waals surface area contributed by atoms with Crippen LogP contribution in [0.15, 0.2) is 0 Å². The van der Waals surface area contributed by atoms with E-state index < -0.39 is 5.97 Å². The molecule has 0 saturated heterocycles. The van der Waals surface area contributed by atoms with Crippen molar-refractivity contribution in [1.29, 1.82) is 0 Å². The molecule has 0 heterocycles. The van der Waals surface area contributed by atoms with Crippen LogP contribution in [0.1, 0.15) is 79.1 Å². The van der Waals surface area contributed by atoms with Crippen LogP contribution in [-0.4, -0.2) is 33.9 Å². The van der Waals surface area contributed by atoms with Crippen LogP contribution in [0, 0.1) is 40.4 Å². The number of carboxylic acid groups (broad SMARTS) is 1. The number of aliphatic hydroxyl groups excluding tert-OH is 1. The minimum Gasteiger partial charge on any atom is -0.481 e. The highest BCUT2D eigenvalue weighted by atomic mass is 16.4. The highest BCUT2D eigenvalue weighted by molar-refractivity contribution is 5.87. The van der Waals surface area contributed by atoms with Gasteiger partial charge < -0.3 is 10.2 Å². The summed E-state index contributed by atoms with van der Waals surface area (Å²) in [6, 6.07) is 0. The number of fused-ring (bicyclic) bond motifs is 5. The van der Waals surface area contributed by atoms with Crippen molar-refractivity contribution in [3.05, 3.63) is 0 Å². The number of carboxylic acids is 1. The summed E-state index contributed by atoms with van der Waals surface area (Å²) in [4.78, 5) is 34.5. The normalized spacial score (nSPS) is 47.1. The number of aliphatic hydroxyl groups is 1. The molecule has 4 aliphatic carbocycles. The predicted octanol–water partition coefficient (Wildman–Crippen LogP) is 3.87. The van der Waals surface area contributed by atoms with Crippen LogP contribution in [0.4, 0.5) is 0 Å². The van der Waals surface area contributed by atoms with Crippen LogP contribution in [-0.2, 0) is 14.4 Å². The van der Waals surface area contributed by atoms with Crippen molar-refractivity contribution in [1.82, 2.24) is 0 Å². The standard InChI is InChI=1S/C21H32O3.C2H4O2/c1-12(22)16-6-7-17-15-5-4-13-10-14(23)8-9-20(13,2)19(15)18(24)11-21(16,17)3;1-2(3)4/h13-17,19,23H,4-11H2,1-3H3;1H3,(H,3,4)/t13-,14+,15-,16+,17-,19+,20-,21+;/m0./s1. The summed E-state index contributed by atoms with van der Waals surface area (Å²) in [5, 5.41) is 17.5. The van der Waals surface area contributed by atoms with Gasteiger partial charge in [0.05, 0.1) is 6.10 Å². The molecular formula is C23H36O5. The molecular weight excluding hydrogens is 356 g/mol. The Morgan fingerprint density at radius 1 is 1.00 bits per heavy atom. The van der Waals surface area contributed by atoms with Crippen molar-refractivity contribution in [3.8, 4) is 0 Å². The maximum Gasteiger partial charge on any atom is 0.300 e. The van der Waals surface area contributed by atoms with E-state index in [2.05, 4.69) is 13.8 Å². The Bertz CT molecular complexity index is 653. The third kappa shape index (κ3) is 3.44. The molecule has 4 rings (SSSR count). The first-order chi connectivity index (χ1) is 13.0. The fourth-order valence-corrected chi connectivity index (χ4v) is 7.72. The lowest BCUT2D eigenvalue weighted by atomic mass is 9.44. The summed E-state index contributed by atoms with van der Waals surface area (Å²) in [5.74, 6) is 1.65. The minimum atomic E-state index is -0.833. The smallest absolute Gasteiger partial charge is 0.300 e. The number of aliphatic carboxylic acids is 1. The molecule has 4 fully saturated rings. The minimum absolute atomic E-state index is 0.0782. The van der Waals surface area contributed by atoms with E-state index in [1.165, 1.54) is 0 Å². The van der Waals surface area contributed by atoms with Crippen LogP contribution in [0.5, 0.6) is 0 Å². The van der Waals surface area contributed by atoms with E-state index >= 15 is 0 Å². The fraction of sp³-hybridized carbons (Fsp3) is 0.870. The molecule has 5 heteroatoms. The Hall–Kier alpha value is -1.23. The van der Waals surface area contributed by atoms with Gasteiger partial charge in [-0.05, 0) is 80.5 Å². The molecule has 0 radical (unpaired) electrons. The second-order valence-corrected chi connectivity index (χ2v) is 10.4. The largest absolute Gasteiger partial charge is 0.481 e. The maximum atomic E-state index is 13.3. The van der Waals surface area contributed by atoms with E-state index in [0.29, 0.717) is 30.0 Å². The Kier molecular flexibility index (Phi) is 5.79. The first kappa shape index (κ1) is 21.5. The Morgan fingerprint density at radius 3 is 2.25 bits per heavy atom. The predicted molar refractivity (Wildman–Crippen MR) is 106 cm³/mol. The molecule has 28 heavy (non-hydrogen) atoms. The van der Waals surface area contributed by atoms with E-state index in [9.17, 15) is 14.7 Å². The van der Waals surface area contributed by atoms with E-state index in [1.807, 2.05) is 0 Å². The molecule has 0 amide bonds. The summed E-state index contributed by atoms with van der Waals surface area (Å²) in [7, 11) is 0. The number of Topliss-reactive ketones (excluding diaryl/α,β-unsaturated/α-hetero) is 2. The number of carbonyl (C=O) groups excluding carboxylic acids is 2. The lowest BCUT2D eigenvalue weighted by molar-refractivity contribution is -0.162. The third-order valence-electron chi connectivity index (χ3n) is 8.81. The van der Waals surface area contributed by atoms with Gasteiger partial charge in [0.25, 0.3) is 5.97 Å². The second-order valence-electron chi connectivity index (χ2n) is 10.4. The Morgan fingerprint density at radius 2 is 1.64 bits per heavy atom. The van der Waals surface area contributed by atoms with Gasteiger partial charge in [-0.3, -0.25) is 14.4 Å². The number of ketones is 2. The van der Waals surface area contributed by atoms with Gasteiger partial charge in [0.1, 0.15) is 11.6 Å². The average molecular weight is 393 g/mol. The van der Waals surface area contributed by atoms with Crippen molar-refractivity contribution in [3.63, 3.8) is 0 Å². The third-order valence-corrected chi connectivity index (χ3v) is 8.81. The zero-order valence-electron chi connectivity index (χ0n) is 17.7. The van der Waals surface area contributed by atoms with Crippen LogP contribution < -0.4 is 0 Å². The van der Waals surface area contributed by atoms with Gasteiger partial charge >= 0.3 is 0 Å². The zero-order valence-corrected chi connectivity index (χ0v) is 17.7. The van der Waals surface area contributed by atoms with E-state index in [1.54, 1.807) is 6.92 Å². The molecule has 0 aromatic rings. The molecule has 158 valence electrons. The topological polar surface area (TPSA) is 91.7 Å². The zero-order chi connectivity index (χ0) is 20.9. The van der Waals surface area contributed by atoms with Crippen LogP contribution in [0.2, 0.25) is 0 Å². The highest BCUT2D eigenvalue weighted by Gasteiger charge is 2.63. The second kappa shape index (κ2) is 7.55. The van der Waals surface area contributed by atoms with Crippen molar-refractivity contribution < 1.29 is 24.6 Å². The van der Waals surface area contributed by atoms with Gasteiger partial charge in [-0.1, -0.05) is 13.8 Å². The molecule has 2 N–H and O–H groups in total. The van der Waals surface area contributed by atoms with Crippen molar-refractivity contribution >= 4 is 17.5 Å². The summed E-state index contributed by atoms with van der Waals surface area (Å²) in [6.45, 7) is 7.36. The number of rotatable bonds is 1. The van der Waals surface area contributed by atoms with E-state index in [-0.39, 0.29) is 34.6 Å². The van der Waals surface area contributed by atoms with Crippen molar-refractivity contribution in [2.45, 2.75) is 85.2 Å². The molecule has 5 nitrogen and oxygen atoms in total. The van der Waals surface area contributed by atoms with Crippen LogP contribution in [0.3, 0.4) is 0 Å². The number of hydrogen-bond donors (Lipinski definition) is 2. The number of hydrogen-bond acceptors (Lipinski definition) is 4. The molecule has 0 spiro atoms. The van der Waals surface area contributed by atoms with Gasteiger partial charge in [0, 0.05) is 25.2 Å². The molecule has 8 atom stereocenters. The van der Waals surface area contributed by atoms with Crippen LogP contribution in [0.25, 0.3) is 0 Å². The SMILES string of the molecule is CC(=O)O.CC(=O)[C@H]1CC[C@H]2[C@@H]3CC[C@H]4C[C@H](O)CC[C@]4(C)[C@H]3C(=O)C[C@]12C. The average Bonchev–Trinajstić information content (AvgIpc) is 2.91. The first-order valence-electron chi connectivity index (χ1n) is 10.9. The van der Waals surface area contributed by atoms with E-state index in [0.717, 1.165) is 51.9 Å². The molecule has 4 aliphatic rings. The van der Waals surface area contributed by atoms with Gasteiger partial charge in [0.15, 0.2) is 0 Å². The quantitative estimate of drug-likeness (QED) is 0.707. The van der Waals surface area contributed by atoms with Gasteiger partial charge in [0.2, 0.25) is 0 Å². The van der Waals surface area contributed by atoms with Gasteiger partial charge in [-0.25, -0.2) is 0 Å². The molecule has 0 aliphatic heterocycles. The first-order valence-corrected chi connectivity index (χ1v) is 10.9. The monoisotopic (exact) mass is 392 g/mol. The summed E-state index contributed by atoms with van der Waals surface area (Å²) in [6.07, 6.45) is 7.53. The summed E-state index contributed by atoms with van der Waals surface area (Å²) < 4.78 is 0. The van der Waals surface area contributed by atoms with Crippen LogP contribution >= 0.6 is 0 Å².